The summed E-state index contributed by atoms with van der Waals surface area (Å²) in [6.45, 7) is 9.79. The topological polar surface area (TPSA) is 40.5 Å². The molecular formula is C16H24O2Si. The molecule has 0 aromatic heterocycles. The van der Waals surface area contributed by atoms with E-state index >= 15 is 0 Å². The molecule has 1 aromatic carbocycles. The van der Waals surface area contributed by atoms with E-state index in [1.807, 2.05) is 30.3 Å². The van der Waals surface area contributed by atoms with Gasteiger partial charge in [0, 0.05) is 6.42 Å². The van der Waals surface area contributed by atoms with E-state index in [2.05, 4.69) is 31.1 Å². The van der Waals surface area contributed by atoms with Crippen LogP contribution in [0.1, 0.15) is 25.8 Å². The fourth-order valence-electron chi connectivity index (χ4n) is 1.85. The summed E-state index contributed by atoms with van der Waals surface area (Å²) >= 11 is 0. The van der Waals surface area contributed by atoms with E-state index in [0.29, 0.717) is 0 Å². The Morgan fingerprint density at radius 1 is 1.05 bits per heavy atom. The Morgan fingerprint density at radius 2 is 1.58 bits per heavy atom. The molecule has 0 aliphatic heterocycles. The fraction of sp³-hybridized carbons (Fsp3) is 0.500. The van der Waals surface area contributed by atoms with Gasteiger partial charge in [-0.2, -0.15) is 0 Å². The highest BCUT2D eigenvalue weighted by Gasteiger charge is 2.33. The van der Waals surface area contributed by atoms with Crippen molar-refractivity contribution < 1.29 is 10.2 Å². The first-order valence-electron chi connectivity index (χ1n) is 6.57. The van der Waals surface area contributed by atoms with Crippen molar-refractivity contribution in [2.45, 2.75) is 51.1 Å². The van der Waals surface area contributed by atoms with Gasteiger partial charge in [-0.15, -0.1) is 5.54 Å². The van der Waals surface area contributed by atoms with Crippen LogP contribution in [0.4, 0.5) is 0 Å². The minimum Gasteiger partial charge on any atom is -0.390 e. The second kappa shape index (κ2) is 5.50. The zero-order valence-electron chi connectivity index (χ0n) is 12.5. The summed E-state index contributed by atoms with van der Waals surface area (Å²) in [5, 5.41) is 20.9. The van der Waals surface area contributed by atoms with Crippen molar-refractivity contribution in [2.24, 2.45) is 0 Å². The lowest BCUT2D eigenvalue weighted by molar-refractivity contribution is -0.0161. The summed E-state index contributed by atoms with van der Waals surface area (Å²) in [5.41, 5.74) is 1.68. The molecule has 3 heteroatoms. The highest BCUT2D eigenvalue weighted by Crippen LogP contribution is 2.30. The maximum atomic E-state index is 10.9. The normalized spacial score (nSPS) is 15.3. The lowest BCUT2D eigenvalue weighted by atomic mass is 9.84. The summed E-state index contributed by atoms with van der Waals surface area (Å²) < 4.78 is 0. The molecule has 0 heterocycles. The molecule has 1 rings (SSSR count). The molecule has 0 saturated heterocycles. The van der Waals surface area contributed by atoms with E-state index in [4.69, 9.17) is 0 Å². The second-order valence-electron chi connectivity index (χ2n) is 6.72. The largest absolute Gasteiger partial charge is 0.390 e. The maximum Gasteiger partial charge on any atom is 0.153 e. The molecule has 1 atom stereocenters. The molecule has 0 amide bonds. The van der Waals surface area contributed by atoms with Crippen LogP contribution in [0, 0.1) is 11.5 Å². The van der Waals surface area contributed by atoms with Crippen LogP contribution in [-0.2, 0) is 5.60 Å². The Labute approximate surface area is 117 Å². The Balaban J connectivity index is 3.21. The number of benzene rings is 1. The summed E-state index contributed by atoms with van der Waals surface area (Å²) in [6, 6.07) is 9.36. The Morgan fingerprint density at radius 3 is 2.00 bits per heavy atom. The van der Waals surface area contributed by atoms with Crippen LogP contribution >= 0.6 is 0 Å². The first-order valence-corrected chi connectivity index (χ1v) is 10.1. The van der Waals surface area contributed by atoms with Crippen molar-refractivity contribution in [3.8, 4) is 11.5 Å². The quantitative estimate of drug-likeness (QED) is 0.658. The third-order valence-electron chi connectivity index (χ3n) is 2.58. The van der Waals surface area contributed by atoms with Crippen LogP contribution < -0.4 is 0 Å². The van der Waals surface area contributed by atoms with Crippen LogP contribution in [0.15, 0.2) is 30.3 Å². The SMILES string of the molecule is CC(C)(O)CC(O)(C#C[Si](C)(C)C)c1ccccc1. The van der Waals surface area contributed by atoms with Gasteiger partial charge in [0.1, 0.15) is 8.07 Å². The molecule has 1 unspecified atom stereocenters. The van der Waals surface area contributed by atoms with Crippen LogP contribution in [0.3, 0.4) is 0 Å². The van der Waals surface area contributed by atoms with Crippen molar-refractivity contribution >= 4 is 8.07 Å². The van der Waals surface area contributed by atoms with Crippen LogP contribution in [0.5, 0.6) is 0 Å². The third kappa shape index (κ3) is 5.60. The van der Waals surface area contributed by atoms with E-state index in [9.17, 15) is 10.2 Å². The van der Waals surface area contributed by atoms with E-state index < -0.39 is 19.3 Å². The van der Waals surface area contributed by atoms with E-state index in [1.54, 1.807) is 13.8 Å². The molecule has 0 spiro atoms. The van der Waals surface area contributed by atoms with Crippen LogP contribution in [0.25, 0.3) is 0 Å². The lowest BCUT2D eigenvalue weighted by Gasteiger charge is -2.30. The molecule has 0 bridgehead atoms. The van der Waals surface area contributed by atoms with Crippen molar-refractivity contribution in [3.05, 3.63) is 35.9 Å². The molecule has 0 aliphatic rings. The van der Waals surface area contributed by atoms with Gasteiger partial charge >= 0.3 is 0 Å². The Bertz CT molecular complexity index is 471. The Hall–Kier alpha value is -1.08. The summed E-state index contributed by atoms with van der Waals surface area (Å²) in [6.07, 6.45) is 0.196. The highest BCUT2D eigenvalue weighted by molar-refractivity contribution is 6.83. The monoisotopic (exact) mass is 276 g/mol. The molecule has 104 valence electrons. The molecule has 0 aliphatic carbocycles. The zero-order valence-corrected chi connectivity index (χ0v) is 13.5. The highest BCUT2D eigenvalue weighted by atomic mass is 28.3. The van der Waals surface area contributed by atoms with Gasteiger partial charge in [-0.05, 0) is 19.4 Å². The first kappa shape index (κ1) is 16.0. The molecule has 0 saturated carbocycles. The van der Waals surface area contributed by atoms with Crippen molar-refractivity contribution in [2.75, 3.05) is 0 Å². The van der Waals surface area contributed by atoms with Gasteiger partial charge in [-0.3, -0.25) is 0 Å². The van der Waals surface area contributed by atoms with Gasteiger partial charge < -0.3 is 10.2 Å². The van der Waals surface area contributed by atoms with Gasteiger partial charge in [-0.1, -0.05) is 55.9 Å². The predicted octanol–water partition coefficient (Wildman–Crippen LogP) is 2.92. The first-order chi connectivity index (χ1) is 8.52. The van der Waals surface area contributed by atoms with Gasteiger partial charge in [0.25, 0.3) is 0 Å². The zero-order chi connectivity index (χ0) is 14.7. The van der Waals surface area contributed by atoms with Crippen LogP contribution in [-0.4, -0.2) is 23.9 Å². The molecular weight excluding hydrogens is 252 g/mol. The van der Waals surface area contributed by atoms with Gasteiger partial charge in [0.15, 0.2) is 5.60 Å². The molecule has 2 nitrogen and oxygen atoms in total. The smallest absolute Gasteiger partial charge is 0.153 e. The van der Waals surface area contributed by atoms with E-state index in [0.717, 1.165) is 5.56 Å². The number of rotatable bonds is 3. The molecule has 2 N–H and O–H groups in total. The standard InChI is InChI=1S/C16H24O2Si/c1-15(2,17)13-16(18,11-12-19(3,4)5)14-9-7-6-8-10-14/h6-10,17-18H,13H2,1-5H3. The van der Waals surface area contributed by atoms with Crippen molar-refractivity contribution in [3.63, 3.8) is 0 Å². The minimum atomic E-state index is -1.58. The number of hydrogen-bond donors (Lipinski definition) is 2. The van der Waals surface area contributed by atoms with Gasteiger partial charge in [-0.25, -0.2) is 0 Å². The second-order valence-corrected chi connectivity index (χ2v) is 11.5. The minimum absolute atomic E-state index is 0.196. The summed E-state index contributed by atoms with van der Waals surface area (Å²) in [7, 11) is -1.58. The third-order valence-corrected chi connectivity index (χ3v) is 3.46. The van der Waals surface area contributed by atoms with E-state index in [1.165, 1.54) is 0 Å². The van der Waals surface area contributed by atoms with Gasteiger partial charge in [0.05, 0.1) is 5.60 Å². The average molecular weight is 276 g/mol. The predicted molar refractivity (Wildman–Crippen MR) is 82.4 cm³/mol. The fourth-order valence-corrected chi connectivity index (χ4v) is 2.43. The van der Waals surface area contributed by atoms with Crippen LogP contribution in [0.2, 0.25) is 19.6 Å². The Kier molecular flexibility index (Phi) is 4.62. The van der Waals surface area contributed by atoms with E-state index in [-0.39, 0.29) is 6.42 Å². The maximum absolute atomic E-state index is 10.9. The lowest BCUT2D eigenvalue weighted by Crippen LogP contribution is -2.35. The van der Waals surface area contributed by atoms with Crippen molar-refractivity contribution in [1.82, 2.24) is 0 Å². The summed E-state index contributed by atoms with van der Waals surface area (Å²) in [4.78, 5) is 0. The summed E-state index contributed by atoms with van der Waals surface area (Å²) in [5.74, 6) is 3.02. The molecule has 0 fully saturated rings. The van der Waals surface area contributed by atoms with Gasteiger partial charge in [0.2, 0.25) is 0 Å². The average Bonchev–Trinajstić information content (AvgIpc) is 2.25. The molecule has 0 radical (unpaired) electrons. The molecule has 19 heavy (non-hydrogen) atoms. The van der Waals surface area contributed by atoms with Crippen molar-refractivity contribution in [1.29, 1.82) is 0 Å². The number of hydrogen-bond acceptors (Lipinski definition) is 2. The molecule has 1 aromatic rings. The number of aliphatic hydroxyl groups is 2.